The molecule has 7 heteroatoms. The number of hydrogen-bond donors (Lipinski definition) is 3. The summed E-state index contributed by atoms with van der Waals surface area (Å²) in [4.78, 5) is 16.6. The van der Waals surface area contributed by atoms with E-state index in [0.29, 0.717) is 5.69 Å². The maximum absolute atomic E-state index is 12.2. The first-order valence-corrected chi connectivity index (χ1v) is 9.26. The Bertz CT molecular complexity index is 1100. The normalized spacial score (nSPS) is 11.1. The summed E-state index contributed by atoms with van der Waals surface area (Å²) in [5.41, 5.74) is 4.14. The van der Waals surface area contributed by atoms with Crippen molar-refractivity contribution >= 4 is 50.9 Å². The van der Waals surface area contributed by atoms with Crippen LogP contribution in [0.15, 0.2) is 65.0 Å². The highest BCUT2D eigenvalue weighted by atomic mass is 32.1. The second-order valence-electron chi connectivity index (χ2n) is 6.02. The number of anilines is 2. The highest BCUT2D eigenvalue weighted by Gasteiger charge is 2.07. The lowest BCUT2D eigenvalue weighted by Crippen LogP contribution is -2.19. The lowest BCUT2D eigenvalue weighted by molar-refractivity contribution is 0.262. The number of benzene rings is 2. The SMILES string of the molecule is Cc1ccc(NC(=O)Nc2ccc3c(/C=N/c4cccs4)[nH]nc3c2)cc1. The van der Waals surface area contributed by atoms with Crippen LogP contribution in [0.1, 0.15) is 11.3 Å². The van der Waals surface area contributed by atoms with Crippen LogP contribution in [0.4, 0.5) is 21.2 Å². The average molecular weight is 375 g/mol. The summed E-state index contributed by atoms with van der Waals surface area (Å²) < 4.78 is 0. The number of nitrogens with zero attached hydrogens (tertiary/aromatic N) is 2. The topological polar surface area (TPSA) is 82.2 Å². The van der Waals surface area contributed by atoms with Crippen LogP contribution in [-0.4, -0.2) is 22.4 Å². The first kappa shape index (κ1) is 17.0. The van der Waals surface area contributed by atoms with Gasteiger partial charge in [-0.2, -0.15) is 5.10 Å². The summed E-state index contributed by atoms with van der Waals surface area (Å²) in [5, 5.41) is 16.8. The van der Waals surface area contributed by atoms with Gasteiger partial charge in [0.1, 0.15) is 5.00 Å². The monoisotopic (exact) mass is 375 g/mol. The zero-order chi connectivity index (χ0) is 18.6. The predicted octanol–water partition coefficient (Wildman–Crippen LogP) is 5.33. The Labute approximate surface area is 160 Å². The molecule has 0 aliphatic heterocycles. The van der Waals surface area contributed by atoms with E-state index in [1.807, 2.05) is 66.9 Å². The molecule has 0 bridgehead atoms. The lowest BCUT2D eigenvalue weighted by atomic mass is 10.2. The Kier molecular flexibility index (Phi) is 4.67. The number of aliphatic imine (C=N–C) groups is 1. The number of aromatic amines is 1. The van der Waals surface area contributed by atoms with E-state index < -0.39 is 0 Å². The minimum Gasteiger partial charge on any atom is -0.308 e. The Hall–Kier alpha value is -3.45. The van der Waals surface area contributed by atoms with Gasteiger partial charge in [0.25, 0.3) is 0 Å². The molecule has 0 saturated carbocycles. The molecule has 6 nitrogen and oxygen atoms in total. The third kappa shape index (κ3) is 4.04. The highest BCUT2D eigenvalue weighted by Crippen LogP contribution is 2.22. The quantitative estimate of drug-likeness (QED) is 0.422. The van der Waals surface area contributed by atoms with Crippen LogP contribution in [0.2, 0.25) is 0 Å². The summed E-state index contributed by atoms with van der Waals surface area (Å²) in [6.45, 7) is 2.00. The molecule has 0 aliphatic rings. The van der Waals surface area contributed by atoms with Gasteiger partial charge in [-0.05, 0) is 54.8 Å². The fourth-order valence-corrected chi connectivity index (χ4v) is 3.18. The van der Waals surface area contributed by atoms with Gasteiger partial charge in [0.05, 0.1) is 17.4 Å². The number of hydrogen-bond acceptors (Lipinski definition) is 4. The third-order valence-corrected chi connectivity index (χ3v) is 4.76. The van der Waals surface area contributed by atoms with Gasteiger partial charge in [0, 0.05) is 16.8 Å². The third-order valence-electron chi connectivity index (χ3n) is 3.98. The molecule has 2 amide bonds. The van der Waals surface area contributed by atoms with Crippen LogP contribution in [0.5, 0.6) is 0 Å². The van der Waals surface area contributed by atoms with Gasteiger partial charge in [0.15, 0.2) is 0 Å². The molecule has 0 fully saturated rings. The summed E-state index contributed by atoms with van der Waals surface area (Å²) in [5.74, 6) is 0. The second-order valence-corrected chi connectivity index (χ2v) is 6.95. The van der Waals surface area contributed by atoms with E-state index in [-0.39, 0.29) is 6.03 Å². The van der Waals surface area contributed by atoms with Crippen LogP contribution >= 0.6 is 11.3 Å². The standard InChI is InChI=1S/C20H17N5OS/c1-13-4-6-14(7-5-13)22-20(26)23-15-8-9-16-17(11-15)24-25-18(16)12-21-19-3-2-10-27-19/h2-12H,1H3,(H,24,25)(H2,22,23,26)/b21-12+. The van der Waals surface area contributed by atoms with Gasteiger partial charge >= 0.3 is 6.03 Å². The number of nitrogens with one attached hydrogen (secondary N) is 3. The van der Waals surface area contributed by atoms with Gasteiger partial charge in [-0.15, -0.1) is 11.3 Å². The first-order valence-electron chi connectivity index (χ1n) is 8.38. The molecule has 27 heavy (non-hydrogen) atoms. The van der Waals surface area contributed by atoms with Gasteiger partial charge in [0.2, 0.25) is 0 Å². The summed E-state index contributed by atoms with van der Waals surface area (Å²) in [6, 6.07) is 16.8. The van der Waals surface area contributed by atoms with Crippen LogP contribution in [0.25, 0.3) is 10.9 Å². The van der Waals surface area contributed by atoms with E-state index in [1.54, 1.807) is 17.6 Å². The molecule has 2 heterocycles. The first-order chi connectivity index (χ1) is 13.2. The van der Waals surface area contributed by atoms with Crippen LogP contribution in [-0.2, 0) is 0 Å². The average Bonchev–Trinajstić information content (AvgIpc) is 3.31. The zero-order valence-electron chi connectivity index (χ0n) is 14.6. The smallest absolute Gasteiger partial charge is 0.308 e. The maximum atomic E-state index is 12.2. The van der Waals surface area contributed by atoms with Gasteiger partial charge in [-0.1, -0.05) is 17.7 Å². The van der Waals surface area contributed by atoms with Crippen LogP contribution in [0.3, 0.4) is 0 Å². The molecule has 0 saturated heterocycles. The van der Waals surface area contributed by atoms with E-state index in [9.17, 15) is 4.79 Å². The number of rotatable bonds is 4. The number of urea groups is 1. The molecule has 2 aromatic heterocycles. The van der Waals surface area contributed by atoms with E-state index in [0.717, 1.165) is 32.8 Å². The summed E-state index contributed by atoms with van der Waals surface area (Å²) in [7, 11) is 0. The van der Waals surface area contributed by atoms with Crippen molar-refractivity contribution < 1.29 is 4.79 Å². The molecule has 0 aliphatic carbocycles. The minimum absolute atomic E-state index is 0.298. The number of fused-ring (bicyclic) bond motifs is 1. The second kappa shape index (κ2) is 7.43. The van der Waals surface area contributed by atoms with Gasteiger partial charge < -0.3 is 10.6 Å². The van der Waals surface area contributed by atoms with E-state index in [4.69, 9.17) is 0 Å². The van der Waals surface area contributed by atoms with Crippen LogP contribution in [0, 0.1) is 6.92 Å². The Morgan fingerprint density at radius 3 is 2.67 bits per heavy atom. The van der Waals surface area contributed by atoms with Crippen molar-refractivity contribution in [3.63, 3.8) is 0 Å². The van der Waals surface area contributed by atoms with Crippen molar-refractivity contribution in [2.45, 2.75) is 6.92 Å². The van der Waals surface area contributed by atoms with E-state index in [1.165, 1.54) is 0 Å². The van der Waals surface area contributed by atoms with Gasteiger partial charge in [-0.3, -0.25) is 5.10 Å². The molecule has 0 spiro atoms. The molecule has 4 rings (SSSR count). The summed E-state index contributed by atoms with van der Waals surface area (Å²) >= 11 is 1.57. The summed E-state index contributed by atoms with van der Waals surface area (Å²) in [6.07, 6.45) is 1.76. The molecular weight excluding hydrogens is 358 g/mol. The molecule has 0 atom stereocenters. The number of carbonyl (C=O) groups is 1. The van der Waals surface area contributed by atoms with Crippen molar-refractivity contribution in [3.05, 3.63) is 71.2 Å². The Balaban J connectivity index is 1.47. The Morgan fingerprint density at radius 1 is 1.11 bits per heavy atom. The highest BCUT2D eigenvalue weighted by molar-refractivity contribution is 7.13. The number of carbonyl (C=O) groups excluding carboxylic acids is 1. The van der Waals surface area contributed by atoms with Crippen molar-refractivity contribution in [2.75, 3.05) is 10.6 Å². The van der Waals surface area contributed by atoms with Crippen molar-refractivity contribution in [2.24, 2.45) is 4.99 Å². The molecule has 134 valence electrons. The largest absolute Gasteiger partial charge is 0.323 e. The number of aromatic nitrogens is 2. The number of H-pyrrole nitrogens is 1. The predicted molar refractivity (Wildman–Crippen MR) is 111 cm³/mol. The fraction of sp³-hybridized carbons (Fsp3) is 0.0500. The van der Waals surface area contributed by atoms with Crippen molar-refractivity contribution in [1.82, 2.24) is 10.2 Å². The lowest BCUT2D eigenvalue weighted by Gasteiger charge is -2.08. The molecule has 3 N–H and O–H groups in total. The van der Waals surface area contributed by atoms with E-state index in [2.05, 4.69) is 25.8 Å². The number of aryl methyl sites for hydroxylation is 1. The van der Waals surface area contributed by atoms with E-state index >= 15 is 0 Å². The fourth-order valence-electron chi connectivity index (χ4n) is 2.61. The maximum Gasteiger partial charge on any atom is 0.323 e. The van der Waals surface area contributed by atoms with Crippen LogP contribution < -0.4 is 10.6 Å². The van der Waals surface area contributed by atoms with Crippen molar-refractivity contribution in [3.8, 4) is 0 Å². The number of amides is 2. The van der Waals surface area contributed by atoms with Gasteiger partial charge in [-0.25, -0.2) is 9.79 Å². The molecule has 0 radical (unpaired) electrons. The molecular formula is C20H17N5OS. The number of thiophene rings is 1. The minimum atomic E-state index is -0.298. The Morgan fingerprint density at radius 2 is 1.89 bits per heavy atom. The molecule has 2 aromatic carbocycles. The molecule has 0 unspecified atom stereocenters. The zero-order valence-corrected chi connectivity index (χ0v) is 15.4. The van der Waals surface area contributed by atoms with Crippen molar-refractivity contribution in [1.29, 1.82) is 0 Å². The molecule has 4 aromatic rings.